The Labute approximate surface area is 729 Å². The molecule has 4 aliphatic heterocycles. The second-order valence-electron chi connectivity index (χ2n) is 31.6. The molecule has 33 heteroatoms. The van der Waals surface area contributed by atoms with Crippen LogP contribution in [0.15, 0.2) is 203 Å². The number of allylic oxidation sites excluding steroid dienone is 2. The number of piperidine rings is 4. The van der Waals surface area contributed by atoms with Gasteiger partial charge < -0.3 is 88.4 Å². The van der Waals surface area contributed by atoms with Crippen LogP contribution in [-0.4, -0.2) is 172 Å². The quantitative estimate of drug-likeness (QED) is 0.0147. The topological polar surface area (TPSA) is 396 Å². The van der Waals surface area contributed by atoms with Crippen LogP contribution in [0.4, 0.5) is 92.7 Å². The molecule has 14 N–H and O–H groups in total. The first-order chi connectivity index (χ1) is 60.8. The van der Waals surface area contributed by atoms with Crippen molar-refractivity contribution >= 4 is 133 Å². The van der Waals surface area contributed by atoms with E-state index in [0.717, 1.165) is 225 Å². The Balaban J connectivity index is 0.000000143. The predicted octanol–water partition coefficient (Wildman–Crippen LogP) is 14.9. The monoisotopic (exact) mass is 1690 g/mol. The van der Waals surface area contributed by atoms with E-state index in [1.54, 1.807) is 21.2 Å². The van der Waals surface area contributed by atoms with Gasteiger partial charge in [0, 0.05) is 162 Å². The lowest BCUT2D eigenvalue weighted by Gasteiger charge is -2.36. The zero-order chi connectivity index (χ0) is 88.0. The van der Waals surface area contributed by atoms with Gasteiger partial charge in [-0.15, -0.1) is 0 Å². The molecule has 12 heterocycles. The summed E-state index contributed by atoms with van der Waals surface area (Å²) in [5.74, 6) is 5.01. The van der Waals surface area contributed by atoms with Gasteiger partial charge in [-0.2, -0.15) is 58.7 Å². The maximum atomic E-state index is 11.7. The molecule has 33 nitrogen and oxygen atoms in total. The molecule has 4 aliphatic rings. The third kappa shape index (κ3) is 22.4. The Bertz CT molecular complexity index is 5610. The minimum Gasteiger partial charge on any atom is -0.396 e. The van der Waals surface area contributed by atoms with Crippen LogP contribution in [0.2, 0.25) is 0 Å². The Morgan fingerprint density at radius 1 is 0.472 bits per heavy atom. The highest BCUT2D eigenvalue weighted by Gasteiger charge is 2.30. The standard InChI is InChI=1S/C25H32N6O.C23H30N8.C23H29N7O2.C21H26N8O/c1-4-18(3)27-20-9-8-10-21(15-20)28-24-16-23(29-25-19(5-2)17-26-31(24)25)30-13-7-6-11-22(30)12-14-32;1-5-16(4)26-18-9-6-10-19(12-18)27-21-20-22(31(14-25-20)15(2)3)29-23(28-21)30-11-7-8-17(24)13-30;1-3-16-15-24-30-21(16)27-22(29-12-6-5-10-19(29)11-13-31)28-23(30)26-18-9-7-8-17(14-18)25-20(32)4-2;1-3-14-12-23-29-19(14)26-20(28-10-6-7-15(22)13-28)27-21(29)25-17-9-5-8-16(11-17)24-18(30)4-2/h4,8-10,15-17,22,27-28,32H,1,3,5-7,11-14H2,2H3;5-6,9-10,12,14-15,17,26H,1,4,7-8,11,13,24H2,2-3H3,(H,27,28,29);4,7-9,14-15,19,31H,2-3,5-6,10-13H2,1H3,(H,25,32)(H,26,27,28);4-5,8-9,11-12,15H,2-3,6-7,10,13,22H2,1H3,(H,24,30)(H,25,26,27)/t22-;;19-;/m0.0./s1. The highest BCUT2D eigenvalue weighted by molar-refractivity contribution is 6.00. The van der Waals surface area contributed by atoms with Gasteiger partial charge in [0.2, 0.25) is 41.6 Å². The fourth-order valence-electron chi connectivity index (χ4n) is 15.7. The molecular formula is C92H117N29O4. The zero-order valence-electron chi connectivity index (χ0n) is 72.2. The second-order valence-corrected chi connectivity index (χ2v) is 31.6. The Morgan fingerprint density at radius 2 is 0.896 bits per heavy atom. The molecule has 0 aliphatic carbocycles. The molecule has 12 aromatic rings. The van der Waals surface area contributed by atoms with Gasteiger partial charge in [-0.25, -0.2) is 9.97 Å². The van der Waals surface area contributed by atoms with Crippen molar-refractivity contribution in [3.63, 3.8) is 0 Å². The molecule has 125 heavy (non-hydrogen) atoms. The summed E-state index contributed by atoms with van der Waals surface area (Å²) >= 11 is 0. The minimum absolute atomic E-state index is 0.121. The SMILES string of the molecule is C=CC(=C)Nc1cccc(Nc2cc(N3CCCC[C@H]3CCO)nc3c(CC)cnn23)c1.C=CC(=C)Nc1cccc(Nc2nc(N3CCCC(N)C3)nc3c2ncn3C(C)C)c1.C=CC(=O)Nc1cccc(Nc2nc(N3CCCC(N)C3)nc3c(CC)cnn23)c1.C=CC(=O)Nc1cccc(Nc2nc(N3CCCC[C@H]3CCO)nc3c(CC)cnn23)c1. The van der Waals surface area contributed by atoms with E-state index in [2.05, 4.69) is 167 Å². The number of nitrogens with zero attached hydrogens (tertiary/aromatic N) is 19. The number of imidazole rings is 1. The fraction of sp³-hybridized carbons (Fsp3) is 0.359. The van der Waals surface area contributed by atoms with Crippen molar-refractivity contribution in [3.8, 4) is 0 Å². The van der Waals surface area contributed by atoms with Crippen molar-refractivity contribution in [1.82, 2.24) is 73.3 Å². The van der Waals surface area contributed by atoms with Gasteiger partial charge >= 0.3 is 0 Å². The van der Waals surface area contributed by atoms with Gasteiger partial charge in [0.1, 0.15) is 11.6 Å². The summed E-state index contributed by atoms with van der Waals surface area (Å²) in [6, 6.07) is 33.8. The van der Waals surface area contributed by atoms with Gasteiger partial charge in [0.25, 0.3) is 0 Å². The van der Waals surface area contributed by atoms with Gasteiger partial charge in [-0.1, -0.05) is 84.5 Å². The molecule has 0 spiro atoms. The molecule has 2 amide bonds. The van der Waals surface area contributed by atoms with Crippen LogP contribution in [0.3, 0.4) is 0 Å². The number of anilines is 16. The smallest absolute Gasteiger partial charge is 0.247 e. The van der Waals surface area contributed by atoms with Crippen molar-refractivity contribution in [3.05, 3.63) is 220 Å². The third-order valence-corrected chi connectivity index (χ3v) is 22.2. The number of fused-ring (bicyclic) bond motifs is 4. The van der Waals surface area contributed by atoms with Crippen LogP contribution >= 0.6 is 0 Å². The van der Waals surface area contributed by atoms with Crippen molar-refractivity contribution < 1.29 is 19.8 Å². The third-order valence-electron chi connectivity index (χ3n) is 22.2. The van der Waals surface area contributed by atoms with Crippen LogP contribution < -0.4 is 73.6 Å². The minimum atomic E-state index is -0.270. The first-order valence-corrected chi connectivity index (χ1v) is 43.2. The number of rotatable bonds is 30. The van der Waals surface area contributed by atoms with E-state index in [-0.39, 0.29) is 49.2 Å². The van der Waals surface area contributed by atoms with Gasteiger partial charge in [-0.3, -0.25) is 9.59 Å². The Morgan fingerprint density at radius 3 is 1.37 bits per heavy atom. The summed E-state index contributed by atoms with van der Waals surface area (Å²) in [6.45, 7) is 38.2. The number of carbonyl (C=O) groups is 2. The number of hydrogen-bond donors (Lipinski definition) is 12. The summed E-state index contributed by atoms with van der Waals surface area (Å²) in [7, 11) is 0. The van der Waals surface area contributed by atoms with Crippen molar-refractivity contribution in [2.24, 2.45) is 11.5 Å². The molecule has 16 rings (SSSR count). The van der Waals surface area contributed by atoms with Crippen LogP contribution in [0.5, 0.6) is 0 Å². The molecule has 0 saturated carbocycles. The molecule has 8 aromatic heterocycles. The molecular weight excluding hydrogens is 1580 g/mol. The molecule has 4 atom stereocenters. The summed E-state index contributed by atoms with van der Waals surface area (Å²) < 4.78 is 7.36. The molecule has 4 saturated heterocycles. The Kier molecular flexibility index (Phi) is 30.3. The maximum absolute atomic E-state index is 11.7. The lowest BCUT2D eigenvalue weighted by atomic mass is 9.99. The van der Waals surface area contributed by atoms with Crippen LogP contribution in [0, 0.1) is 0 Å². The number of nitrogens with one attached hydrogen (secondary N) is 8. The van der Waals surface area contributed by atoms with Gasteiger partial charge in [0.05, 0.1) is 24.9 Å². The number of amides is 2. The zero-order valence-corrected chi connectivity index (χ0v) is 72.2. The van der Waals surface area contributed by atoms with Crippen molar-refractivity contribution in [2.45, 2.75) is 161 Å². The summed E-state index contributed by atoms with van der Waals surface area (Å²) in [4.78, 5) is 70.7. The lowest BCUT2D eigenvalue weighted by molar-refractivity contribution is -0.112. The number of nitrogens with two attached hydrogens (primary N) is 2. The molecule has 4 fully saturated rings. The normalized spacial score (nSPS) is 16.3. The fourth-order valence-corrected chi connectivity index (χ4v) is 15.7. The Hall–Kier alpha value is -13.6. The van der Waals surface area contributed by atoms with Crippen molar-refractivity contribution in [2.75, 3.05) is 115 Å². The van der Waals surface area contributed by atoms with Gasteiger partial charge in [-0.05, 0) is 207 Å². The number of aliphatic hydroxyl groups excluding tert-OH is 2. The highest BCUT2D eigenvalue weighted by atomic mass is 16.3. The first-order valence-electron chi connectivity index (χ1n) is 43.2. The van der Waals surface area contributed by atoms with E-state index in [1.165, 1.54) is 18.6 Å². The molecule has 2 unspecified atom stereocenters. The molecule has 0 bridgehead atoms. The summed E-state index contributed by atoms with van der Waals surface area (Å²) in [5.41, 5.74) is 27.6. The van der Waals surface area contributed by atoms with E-state index < -0.39 is 0 Å². The summed E-state index contributed by atoms with van der Waals surface area (Å²) in [6.07, 6.45) is 27.9. The first kappa shape index (κ1) is 89.1. The van der Waals surface area contributed by atoms with Gasteiger partial charge in [0.15, 0.2) is 33.9 Å². The predicted molar refractivity (Wildman–Crippen MR) is 503 cm³/mol. The largest absolute Gasteiger partial charge is 0.396 e. The molecule has 0 radical (unpaired) electrons. The number of aliphatic hydroxyl groups is 2. The van der Waals surface area contributed by atoms with E-state index in [9.17, 15) is 19.8 Å². The number of aromatic nitrogens is 15. The van der Waals surface area contributed by atoms with E-state index in [1.807, 2.05) is 126 Å². The lowest BCUT2D eigenvalue weighted by Crippen LogP contribution is -2.43. The number of aryl methyl sites for hydroxylation is 3. The maximum Gasteiger partial charge on any atom is 0.247 e. The number of carbonyl (C=O) groups excluding carboxylic acids is 2. The van der Waals surface area contributed by atoms with Crippen molar-refractivity contribution in [1.29, 1.82) is 0 Å². The second kappa shape index (κ2) is 42.4. The number of hydrogen-bond acceptors (Lipinski definition) is 27. The average molecular weight is 1690 g/mol. The highest BCUT2D eigenvalue weighted by Crippen LogP contribution is 2.35. The summed E-state index contributed by atoms with van der Waals surface area (Å²) in [5, 5.41) is 58.3. The van der Waals surface area contributed by atoms with Crippen LogP contribution in [-0.2, 0) is 28.9 Å². The van der Waals surface area contributed by atoms with E-state index in [0.29, 0.717) is 59.4 Å². The molecule has 654 valence electrons. The van der Waals surface area contributed by atoms with Crippen LogP contribution in [0.1, 0.15) is 134 Å². The van der Waals surface area contributed by atoms with E-state index >= 15 is 0 Å². The number of benzene rings is 4. The molecule has 4 aromatic carbocycles. The average Bonchev–Trinajstić information content (AvgIpc) is 1.67. The van der Waals surface area contributed by atoms with E-state index in [4.69, 9.17) is 46.4 Å². The van der Waals surface area contributed by atoms with Crippen LogP contribution in [0.25, 0.3) is 28.1 Å².